The van der Waals surface area contributed by atoms with Crippen molar-refractivity contribution in [3.8, 4) is 17.2 Å². The van der Waals surface area contributed by atoms with Crippen molar-refractivity contribution in [2.75, 3.05) is 31.2 Å². The minimum absolute atomic E-state index is 0.146. The molecule has 3 aromatic rings. The van der Waals surface area contributed by atoms with Crippen molar-refractivity contribution in [1.29, 1.82) is 0 Å². The maximum absolute atomic E-state index is 9.95. The van der Waals surface area contributed by atoms with Gasteiger partial charge in [0.2, 0.25) is 0 Å². The molecule has 3 aromatic carbocycles. The smallest absolute Gasteiger partial charge is 0.142 e. The highest BCUT2D eigenvalue weighted by Crippen LogP contribution is 2.48. The molecule has 2 aliphatic heterocycles. The first kappa shape index (κ1) is 17.9. The van der Waals surface area contributed by atoms with Crippen molar-refractivity contribution in [3.63, 3.8) is 0 Å². The molecule has 1 N–H and O–H groups in total. The van der Waals surface area contributed by atoms with Crippen LogP contribution in [-0.2, 0) is 0 Å². The summed E-state index contributed by atoms with van der Waals surface area (Å²) in [7, 11) is 0. The van der Waals surface area contributed by atoms with Gasteiger partial charge in [-0.05, 0) is 36.2 Å². The van der Waals surface area contributed by atoms with Crippen LogP contribution in [0.1, 0.15) is 35.4 Å². The van der Waals surface area contributed by atoms with E-state index in [1.165, 1.54) is 11.1 Å². The number of ether oxygens (including phenoxy) is 2. The molecule has 0 fully saturated rings. The molecule has 148 valence electrons. The molecule has 0 amide bonds. The number of hydrogen-bond donors (Lipinski definition) is 1. The first-order chi connectivity index (χ1) is 14.2. The summed E-state index contributed by atoms with van der Waals surface area (Å²) in [5.41, 5.74) is 4.78. The maximum Gasteiger partial charge on any atom is 0.142 e. The first-order valence-corrected chi connectivity index (χ1v) is 10.3. The topological polar surface area (TPSA) is 41.9 Å². The van der Waals surface area contributed by atoms with Gasteiger partial charge < -0.3 is 19.5 Å². The molecular weight excluding hydrogens is 362 g/mol. The second-order valence-electron chi connectivity index (χ2n) is 7.68. The van der Waals surface area contributed by atoms with E-state index in [-0.39, 0.29) is 17.6 Å². The van der Waals surface area contributed by atoms with E-state index in [1.807, 2.05) is 12.1 Å². The van der Waals surface area contributed by atoms with Gasteiger partial charge in [0.15, 0.2) is 0 Å². The van der Waals surface area contributed by atoms with Crippen LogP contribution in [0.4, 0.5) is 5.69 Å². The predicted octanol–water partition coefficient (Wildman–Crippen LogP) is 4.92. The molecule has 2 aliphatic rings. The van der Waals surface area contributed by atoms with Gasteiger partial charge in [0.1, 0.15) is 23.9 Å². The van der Waals surface area contributed by atoms with Crippen LogP contribution in [0.5, 0.6) is 17.2 Å². The molecule has 5 rings (SSSR count). The van der Waals surface area contributed by atoms with Crippen molar-refractivity contribution < 1.29 is 14.6 Å². The van der Waals surface area contributed by atoms with E-state index in [2.05, 4.69) is 54.3 Å². The molecule has 2 heterocycles. The Balaban J connectivity index is 1.65. The Labute approximate surface area is 171 Å². The van der Waals surface area contributed by atoms with Crippen LogP contribution in [-0.4, -0.2) is 31.4 Å². The largest absolute Gasteiger partial charge is 0.508 e. The minimum Gasteiger partial charge on any atom is -0.508 e. The van der Waals surface area contributed by atoms with Crippen molar-refractivity contribution in [3.05, 3.63) is 83.4 Å². The summed E-state index contributed by atoms with van der Waals surface area (Å²) in [4.78, 5) is 2.37. The summed E-state index contributed by atoms with van der Waals surface area (Å²) in [6.45, 7) is 5.36. The number of aromatic hydroxyl groups is 1. The van der Waals surface area contributed by atoms with Crippen molar-refractivity contribution >= 4 is 5.69 Å². The van der Waals surface area contributed by atoms with Gasteiger partial charge in [-0.15, -0.1) is 0 Å². The summed E-state index contributed by atoms with van der Waals surface area (Å²) in [5, 5.41) is 9.95. The first-order valence-electron chi connectivity index (χ1n) is 10.3. The highest BCUT2D eigenvalue weighted by molar-refractivity contribution is 5.63. The zero-order chi connectivity index (χ0) is 19.8. The van der Waals surface area contributed by atoms with Crippen LogP contribution >= 0.6 is 0 Å². The van der Waals surface area contributed by atoms with Gasteiger partial charge >= 0.3 is 0 Å². The van der Waals surface area contributed by atoms with Crippen LogP contribution in [0.3, 0.4) is 0 Å². The number of likely N-dealkylation sites (N-methyl/N-ethyl adjacent to an activating group) is 1. The average Bonchev–Trinajstić information content (AvgIpc) is 2.78. The number of anilines is 1. The highest BCUT2D eigenvalue weighted by Gasteiger charge is 2.34. The fourth-order valence-corrected chi connectivity index (χ4v) is 4.61. The number of phenolic OH excluding ortho intramolecular Hbond substituents is 1. The van der Waals surface area contributed by atoms with Gasteiger partial charge in [0.05, 0.1) is 18.8 Å². The Kier molecular flexibility index (Phi) is 4.55. The van der Waals surface area contributed by atoms with Crippen LogP contribution in [0, 0.1) is 0 Å². The number of rotatable bonds is 3. The van der Waals surface area contributed by atoms with Gasteiger partial charge in [-0.25, -0.2) is 0 Å². The molecule has 29 heavy (non-hydrogen) atoms. The van der Waals surface area contributed by atoms with E-state index in [0.29, 0.717) is 6.61 Å². The van der Waals surface area contributed by atoms with E-state index in [4.69, 9.17) is 9.47 Å². The van der Waals surface area contributed by atoms with E-state index in [1.54, 1.807) is 12.1 Å². The Hall–Kier alpha value is -3.14. The monoisotopic (exact) mass is 387 g/mol. The lowest BCUT2D eigenvalue weighted by molar-refractivity contribution is 0.247. The van der Waals surface area contributed by atoms with Gasteiger partial charge in [0, 0.05) is 30.0 Å². The molecule has 0 spiro atoms. The molecule has 0 radical (unpaired) electrons. The second kappa shape index (κ2) is 7.36. The molecule has 4 nitrogen and oxygen atoms in total. The lowest BCUT2D eigenvalue weighted by Crippen LogP contribution is -2.32. The van der Waals surface area contributed by atoms with Crippen molar-refractivity contribution in [2.24, 2.45) is 0 Å². The summed E-state index contributed by atoms with van der Waals surface area (Å²) < 4.78 is 12.0. The molecule has 0 unspecified atom stereocenters. The Morgan fingerprint density at radius 1 is 0.931 bits per heavy atom. The number of hydrogen-bond acceptors (Lipinski definition) is 4. The Morgan fingerprint density at radius 3 is 2.62 bits per heavy atom. The summed E-state index contributed by atoms with van der Waals surface area (Å²) >= 11 is 0. The third-order valence-electron chi connectivity index (χ3n) is 6.06. The third-order valence-corrected chi connectivity index (χ3v) is 6.06. The van der Waals surface area contributed by atoms with E-state index in [9.17, 15) is 5.11 Å². The fraction of sp³-hybridized carbons (Fsp3) is 0.280. The van der Waals surface area contributed by atoms with Crippen LogP contribution in [0.15, 0.2) is 66.7 Å². The second-order valence-corrected chi connectivity index (χ2v) is 7.68. The molecule has 2 atom stereocenters. The zero-order valence-corrected chi connectivity index (χ0v) is 16.5. The molecule has 0 aromatic heterocycles. The summed E-state index contributed by atoms with van der Waals surface area (Å²) in [6.07, 6.45) is 0. The number of benzene rings is 3. The predicted molar refractivity (Wildman–Crippen MR) is 114 cm³/mol. The van der Waals surface area contributed by atoms with Gasteiger partial charge in [-0.1, -0.05) is 42.5 Å². The molecule has 0 saturated carbocycles. The van der Waals surface area contributed by atoms with Gasteiger partial charge in [-0.2, -0.15) is 0 Å². The molecule has 0 saturated heterocycles. The van der Waals surface area contributed by atoms with E-state index < -0.39 is 0 Å². The number of phenols is 1. The lowest BCUT2D eigenvalue weighted by atomic mass is 9.75. The summed E-state index contributed by atoms with van der Waals surface area (Å²) in [6, 6.07) is 22.6. The SMILES string of the molecule is CCN1CCOc2ccc([C@@H]3c4ccc(O)cc4OC[C@H]3c3ccccc3)cc21. The molecular formula is C25H25NO3. The maximum atomic E-state index is 9.95. The van der Waals surface area contributed by atoms with Gasteiger partial charge in [-0.3, -0.25) is 0 Å². The van der Waals surface area contributed by atoms with E-state index >= 15 is 0 Å². The van der Waals surface area contributed by atoms with Gasteiger partial charge in [0.25, 0.3) is 0 Å². The average molecular weight is 387 g/mol. The Bertz CT molecular complexity index is 1020. The quantitative estimate of drug-likeness (QED) is 0.693. The summed E-state index contributed by atoms with van der Waals surface area (Å²) in [5.74, 6) is 2.30. The zero-order valence-electron chi connectivity index (χ0n) is 16.5. The highest BCUT2D eigenvalue weighted by atomic mass is 16.5. The van der Waals surface area contributed by atoms with Crippen LogP contribution in [0.2, 0.25) is 0 Å². The van der Waals surface area contributed by atoms with Crippen LogP contribution in [0.25, 0.3) is 0 Å². The normalized spacial score (nSPS) is 20.2. The molecule has 0 bridgehead atoms. The molecule has 4 heteroatoms. The minimum atomic E-state index is 0.146. The molecule has 0 aliphatic carbocycles. The number of fused-ring (bicyclic) bond motifs is 2. The van der Waals surface area contributed by atoms with Crippen molar-refractivity contribution in [2.45, 2.75) is 18.8 Å². The standard InChI is InChI=1S/C25H25NO3/c1-2-26-12-13-28-23-11-8-18(14-22(23)26)25-20-10-9-19(27)15-24(20)29-16-21(25)17-6-4-3-5-7-17/h3-11,14-15,21,25,27H,2,12-13,16H2,1H3/t21-,25+/m0/s1. The number of nitrogens with zero attached hydrogens (tertiary/aromatic N) is 1. The van der Waals surface area contributed by atoms with Crippen molar-refractivity contribution in [1.82, 2.24) is 0 Å². The fourth-order valence-electron chi connectivity index (χ4n) is 4.61. The van der Waals surface area contributed by atoms with E-state index in [0.717, 1.165) is 42.4 Å². The third kappa shape index (κ3) is 3.19. The lowest BCUT2D eigenvalue weighted by Gasteiger charge is -2.36. The van der Waals surface area contributed by atoms with Crippen LogP contribution < -0.4 is 14.4 Å². The Morgan fingerprint density at radius 2 is 1.79 bits per heavy atom.